The maximum Gasteiger partial charge on any atom is 0.344 e. The summed E-state index contributed by atoms with van der Waals surface area (Å²) >= 11 is 0. The number of hydrogen-bond acceptors (Lipinski definition) is 9. The smallest absolute Gasteiger partial charge is 0.344 e. The average Bonchev–Trinajstić information content (AvgIpc) is 3.59. The SMILES string of the molecule is O=c1oc2cc(N(c3ccccc3)c3ccccc3)ccc2cc1-c1cc(-c2cc3ccc(N(c4ccccc4)c4ccccc4)cc3oc2=O)cc(-c2cc3ccc(N(c4ccccc4)c4ccccc4)cc3oc2=O)c1. The first-order valence-electron chi connectivity index (χ1n) is 25.5. The van der Waals surface area contributed by atoms with Crippen molar-refractivity contribution >= 4 is 84.1 Å². The van der Waals surface area contributed by atoms with E-state index >= 15 is 0 Å². The monoisotopic (exact) mass is 1010 g/mol. The molecule has 0 unspecified atom stereocenters. The molecule has 0 N–H and O–H groups in total. The van der Waals surface area contributed by atoms with E-state index in [0.717, 1.165) is 51.2 Å². The molecular formula is C69H45N3O6. The van der Waals surface area contributed by atoms with E-state index < -0.39 is 16.9 Å². The van der Waals surface area contributed by atoms with E-state index in [1.807, 2.05) is 237 Å². The predicted molar refractivity (Wildman–Crippen MR) is 315 cm³/mol. The van der Waals surface area contributed by atoms with Crippen LogP contribution in [0.5, 0.6) is 0 Å². The molecule has 3 heterocycles. The van der Waals surface area contributed by atoms with Crippen LogP contribution in [0.3, 0.4) is 0 Å². The zero-order chi connectivity index (χ0) is 52.5. The summed E-state index contributed by atoms with van der Waals surface area (Å²) in [6.45, 7) is 0. The Morgan fingerprint density at radius 2 is 0.436 bits per heavy atom. The van der Waals surface area contributed by atoms with Gasteiger partial charge >= 0.3 is 16.9 Å². The highest BCUT2D eigenvalue weighted by atomic mass is 16.4. The molecule has 0 amide bonds. The highest BCUT2D eigenvalue weighted by molar-refractivity contribution is 5.93. The van der Waals surface area contributed by atoms with E-state index in [2.05, 4.69) is 14.7 Å². The second kappa shape index (κ2) is 20.2. The molecule has 0 fully saturated rings. The summed E-state index contributed by atoms with van der Waals surface area (Å²) in [7, 11) is 0. The summed E-state index contributed by atoms with van der Waals surface area (Å²) in [5.74, 6) is 0. The van der Waals surface area contributed by atoms with Gasteiger partial charge in [-0.2, -0.15) is 0 Å². The fraction of sp³-hybridized carbons (Fsp3) is 0. The van der Waals surface area contributed by atoms with Gasteiger partial charge in [0, 0.05) is 85.5 Å². The zero-order valence-electron chi connectivity index (χ0n) is 41.8. The van der Waals surface area contributed by atoms with Crippen LogP contribution >= 0.6 is 0 Å². The molecule has 9 heteroatoms. The first-order valence-corrected chi connectivity index (χ1v) is 25.5. The molecule has 0 saturated heterocycles. The van der Waals surface area contributed by atoms with Crippen molar-refractivity contribution in [3.63, 3.8) is 0 Å². The highest BCUT2D eigenvalue weighted by Gasteiger charge is 2.21. The van der Waals surface area contributed by atoms with Crippen LogP contribution in [0, 0.1) is 0 Å². The maximum atomic E-state index is 14.5. The Morgan fingerprint density at radius 3 is 0.654 bits per heavy atom. The summed E-state index contributed by atoms with van der Waals surface area (Å²) in [6, 6.07) is 87.9. The van der Waals surface area contributed by atoms with E-state index in [0.29, 0.717) is 49.6 Å². The van der Waals surface area contributed by atoms with Crippen LogP contribution in [0.4, 0.5) is 51.2 Å². The van der Waals surface area contributed by atoms with Crippen LogP contribution in [-0.4, -0.2) is 0 Å². The normalized spacial score (nSPS) is 11.2. The van der Waals surface area contributed by atoms with Crippen molar-refractivity contribution in [2.24, 2.45) is 0 Å². The van der Waals surface area contributed by atoms with Gasteiger partial charge in [0.2, 0.25) is 0 Å². The fourth-order valence-corrected chi connectivity index (χ4v) is 10.2. The molecule has 13 rings (SSSR count). The lowest BCUT2D eigenvalue weighted by atomic mass is 9.94. The lowest BCUT2D eigenvalue weighted by molar-refractivity contribution is 0.563. The van der Waals surface area contributed by atoms with Gasteiger partial charge in [-0.25, -0.2) is 14.4 Å². The number of nitrogens with zero attached hydrogens (tertiary/aromatic N) is 3. The van der Waals surface area contributed by atoms with Crippen LogP contribution in [-0.2, 0) is 0 Å². The Balaban J connectivity index is 0.945. The van der Waals surface area contributed by atoms with Gasteiger partial charge in [0.1, 0.15) is 16.7 Å². The molecule has 3 aromatic heterocycles. The molecule has 0 atom stereocenters. The van der Waals surface area contributed by atoms with E-state index in [4.69, 9.17) is 13.3 Å². The maximum absolute atomic E-state index is 14.5. The van der Waals surface area contributed by atoms with Gasteiger partial charge in [0.05, 0.1) is 16.7 Å². The predicted octanol–water partition coefficient (Wildman–Crippen LogP) is 17.4. The molecule has 0 bridgehead atoms. The van der Waals surface area contributed by atoms with E-state index in [-0.39, 0.29) is 16.7 Å². The largest absolute Gasteiger partial charge is 0.422 e. The van der Waals surface area contributed by atoms with Crippen molar-refractivity contribution in [2.75, 3.05) is 14.7 Å². The third-order valence-corrected chi connectivity index (χ3v) is 13.9. The number of hydrogen-bond donors (Lipinski definition) is 0. The third-order valence-electron chi connectivity index (χ3n) is 13.9. The van der Waals surface area contributed by atoms with Crippen molar-refractivity contribution in [2.45, 2.75) is 0 Å². The summed E-state index contributed by atoms with van der Waals surface area (Å²) in [4.78, 5) is 49.7. The van der Waals surface area contributed by atoms with E-state index in [1.54, 1.807) is 36.4 Å². The summed E-state index contributed by atoms with van der Waals surface area (Å²) in [5, 5.41) is 2.01. The van der Waals surface area contributed by atoms with E-state index in [9.17, 15) is 14.4 Å². The van der Waals surface area contributed by atoms with Gasteiger partial charge in [0.15, 0.2) is 0 Å². The zero-order valence-corrected chi connectivity index (χ0v) is 41.8. The lowest BCUT2D eigenvalue weighted by Crippen LogP contribution is -2.10. The molecule has 0 aliphatic heterocycles. The van der Waals surface area contributed by atoms with E-state index in [1.165, 1.54) is 0 Å². The molecule has 0 spiro atoms. The number of benzene rings is 10. The van der Waals surface area contributed by atoms with Gasteiger partial charge in [-0.3, -0.25) is 0 Å². The minimum absolute atomic E-state index is 0.231. The molecule has 372 valence electrons. The topological polar surface area (TPSA) is 100 Å². The average molecular weight is 1010 g/mol. The van der Waals surface area contributed by atoms with Crippen molar-refractivity contribution in [1.82, 2.24) is 0 Å². The number of anilines is 9. The minimum Gasteiger partial charge on any atom is -0.422 e. The first kappa shape index (κ1) is 47.0. The van der Waals surface area contributed by atoms with Crippen LogP contribution in [0.15, 0.2) is 301 Å². The molecule has 78 heavy (non-hydrogen) atoms. The number of rotatable bonds is 12. The van der Waals surface area contributed by atoms with Crippen molar-refractivity contribution in [1.29, 1.82) is 0 Å². The number of fused-ring (bicyclic) bond motifs is 3. The molecule has 0 radical (unpaired) electrons. The van der Waals surface area contributed by atoms with Crippen LogP contribution in [0.25, 0.3) is 66.3 Å². The molecular weight excluding hydrogens is 967 g/mol. The van der Waals surface area contributed by atoms with Crippen LogP contribution < -0.4 is 31.6 Å². The molecule has 10 aromatic carbocycles. The van der Waals surface area contributed by atoms with Gasteiger partial charge in [0.25, 0.3) is 0 Å². The molecule has 0 aliphatic rings. The third kappa shape index (κ3) is 9.07. The summed E-state index contributed by atoms with van der Waals surface area (Å²) in [6.07, 6.45) is 0. The van der Waals surface area contributed by atoms with Gasteiger partial charge in [-0.05, 0) is 162 Å². The second-order valence-corrected chi connectivity index (χ2v) is 18.8. The van der Waals surface area contributed by atoms with Crippen LogP contribution in [0.1, 0.15) is 0 Å². The Kier molecular flexibility index (Phi) is 12.1. The molecule has 0 aliphatic carbocycles. The summed E-state index contributed by atoms with van der Waals surface area (Å²) < 4.78 is 18.6. The minimum atomic E-state index is -0.604. The van der Waals surface area contributed by atoms with Crippen molar-refractivity contribution < 1.29 is 13.3 Å². The lowest BCUT2D eigenvalue weighted by Gasteiger charge is -2.25. The molecule has 0 saturated carbocycles. The van der Waals surface area contributed by atoms with Crippen molar-refractivity contribution in [3.8, 4) is 33.4 Å². The fourth-order valence-electron chi connectivity index (χ4n) is 10.2. The number of para-hydroxylation sites is 6. The Hall–Kier alpha value is -10.8. The summed E-state index contributed by atoms with van der Waals surface area (Å²) in [5.41, 5.74) is 9.31. The Labute approximate surface area is 447 Å². The quantitative estimate of drug-likeness (QED) is 0.111. The van der Waals surface area contributed by atoms with Gasteiger partial charge in [-0.15, -0.1) is 0 Å². The van der Waals surface area contributed by atoms with Gasteiger partial charge in [-0.1, -0.05) is 109 Å². The molecule has 9 nitrogen and oxygen atoms in total. The Morgan fingerprint density at radius 1 is 0.218 bits per heavy atom. The first-order chi connectivity index (χ1) is 38.4. The Bertz CT molecular complexity index is 3920. The molecule has 13 aromatic rings. The second-order valence-electron chi connectivity index (χ2n) is 18.8. The highest BCUT2D eigenvalue weighted by Crippen LogP contribution is 2.41. The van der Waals surface area contributed by atoms with Gasteiger partial charge < -0.3 is 28.0 Å². The standard InChI is InChI=1S/C69H45N3O6/c73-67-61(40-46-31-34-58(43-64(46)76-67)70(52-19-7-1-8-20-52)53-21-9-2-10-22-53)49-37-50(62-41-47-32-35-59(44-65(47)77-68(62)74)71(54-23-11-3-12-24-54)55-25-13-4-14-26-55)39-51(38-49)63-42-48-33-36-60(45-66(48)78-69(63)75)72(56-27-15-5-16-28-56)57-29-17-6-18-30-57/h1-45H. The van der Waals surface area contributed by atoms with Crippen LogP contribution in [0.2, 0.25) is 0 Å². The van der Waals surface area contributed by atoms with Crippen molar-refractivity contribution in [3.05, 3.63) is 304 Å².